The monoisotopic (exact) mass is 356 g/mol. The second-order valence-corrected chi connectivity index (χ2v) is 8.69. The van der Waals surface area contributed by atoms with E-state index in [9.17, 15) is 13.2 Å². The molecule has 1 aromatic rings. The molecule has 1 aromatic carbocycles. The van der Waals surface area contributed by atoms with Crippen LogP contribution in [0.5, 0.6) is 0 Å². The molecule has 128 valence electrons. The number of hydrogen-bond donors (Lipinski definition) is 0. The summed E-state index contributed by atoms with van der Waals surface area (Å²) >= 11 is 1.64. The van der Waals surface area contributed by atoms with E-state index >= 15 is 0 Å². The van der Waals surface area contributed by atoms with Gasteiger partial charge in [-0.2, -0.15) is 16.1 Å². The number of aryl methyl sites for hydroxylation is 2. The predicted molar refractivity (Wildman–Crippen MR) is 94.3 cm³/mol. The number of carbonyl (C=O) groups excluding carboxylic acids is 1. The van der Waals surface area contributed by atoms with Gasteiger partial charge in [-0.05, 0) is 31.7 Å². The van der Waals surface area contributed by atoms with Crippen LogP contribution >= 0.6 is 11.8 Å². The third kappa shape index (κ3) is 4.28. The van der Waals surface area contributed by atoms with Crippen molar-refractivity contribution in [3.63, 3.8) is 0 Å². The van der Waals surface area contributed by atoms with Crippen LogP contribution < -0.4 is 0 Å². The first kappa shape index (κ1) is 18.3. The molecule has 23 heavy (non-hydrogen) atoms. The van der Waals surface area contributed by atoms with Crippen LogP contribution in [0.15, 0.2) is 23.1 Å². The Morgan fingerprint density at radius 1 is 1.17 bits per heavy atom. The van der Waals surface area contributed by atoms with Gasteiger partial charge in [-0.3, -0.25) is 4.79 Å². The fraction of sp³-hybridized carbons (Fsp3) is 0.562. The molecule has 1 aliphatic heterocycles. The lowest BCUT2D eigenvalue weighted by Gasteiger charge is -2.34. The zero-order chi connectivity index (χ0) is 17.0. The van der Waals surface area contributed by atoms with Gasteiger partial charge in [0.2, 0.25) is 15.9 Å². The Morgan fingerprint density at radius 3 is 2.39 bits per heavy atom. The van der Waals surface area contributed by atoms with E-state index in [1.165, 1.54) is 4.31 Å². The maximum absolute atomic E-state index is 12.8. The van der Waals surface area contributed by atoms with Crippen LogP contribution in [0.25, 0.3) is 0 Å². The highest BCUT2D eigenvalue weighted by Gasteiger charge is 2.30. The summed E-state index contributed by atoms with van der Waals surface area (Å²) in [5.41, 5.74) is 1.81. The molecule has 5 nitrogen and oxygen atoms in total. The fourth-order valence-electron chi connectivity index (χ4n) is 2.75. The largest absolute Gasteiger partial charge is 0.340 e. The van der Waals surface area contributed by atoms with Crippen LogP contribution in [0.2, 0.25) is 0 Å². The van der Waals surface area contributed by atoms with E-state index in [1.54, 1.807) is 22.7 Å². The van der Waals surface area contributed by atoms with Crippen molar-refractivity contribution >= 4 is 27.7 Å². The maximum Gasteiger partial charge on any atom is 0.243 e. The first-order valence-corrected chi connectivity index (χ1v) is 10.5. The van der Waals surface area contributed by atoms with Gasteiger partial charge in [0, 0.05) is 38.4 Å². The normalized spacial score (nSPS) is 16.6. The lowest BCUT2D eigenvalue weighted by atomic mass is 10.2. The smallest absolute Gasteiger partial charge is 0.243 e. The van der Waals surface area contributed by atoms with Gasteiger partial charge >= 0.3 is 0 Å². The number of thioether (sulfide) groups is 1. The third-order valence-corrected chi connectivity index (χ3v) is 6.73. The summed E-state index contributed by atoms with van der Waals surface area (Å²) in [4.78, 5) is 14.2. The molecular weight excluding hydrogens is 332 g/mol. The lowest BCUT2D eigenvalue weighted by Crippen LogP contribution is -2.50. The lowest BCUT2D eigenvalue weighted by molar-refractivity contribution is -0.131. The minimum Gasteiger partial charge on any atom is -0.340 e. The number of sulfonamides is 1. The van der Waals surface area contributed by atoms with Crippen molar-refractivity contribution in [3.8, 4) is 0 Å². The van der Waals surface area contributed by atoms with Crippen molar-refractivity contribution in [1.82, 2.24) is 9.21 Å². The Hall–Kier alpha value is -1.05. The zero-order valence-electron chi connectivity index (χ0n) is 13.9. The molecule has 1 saturated heterocycles. The molecule has 0 radical (unpaired) electrons. The zero-order valence-corrected chi connectivity index (χ0v) is 15.5. The first-order valence-electron chi connectivity index (χ1n) is 7.70. The number of nitrogens with zero attached hydrogens (tertiary/aromatic N) is 2. The summed E-state index contributed by atoms with van der Waals surface area (Å²) in [6.07, 6.45) is 2.49. The molecule has 0 aromatic heterocycles. The molecule has 0 saturated carbocycles. The van der Waals surface area contributed by atoms with E-state index in [-0.39, 0.29) is 5.91 Å². The average molecular weight is 357 g/mol. The van der Waals surface area contributed by atoms with Crippen LogP contribution in [-0.2, 0) is 14.8 Å². The number of hydrogen-bond acceptors (Lipinski definition) is 4. The summed E-state index contributed by atoms with van der Waals surface area (Å²) in [5.74, 6) is 0.919. The Kier molecular flexibility index (Phi) is 6.11. The molecule has 0 atom stereocenters. The van der Waals surface area contributed by atoms with E-state index in [0.717, 1.165) is 16.9 Å². The van der Waals surface area contributed by atoms with Crippen molar-refractivity contribution in [2.75, 3.05) is 38.2 Å². The minimum absolute atomic E-state index is 0.114. The highest BCUT2D eigenvalue weighted by atomic mass is 32.2. The molecule has 7 heteroatoms. The van der Waals surface area contributed by atoms with Gasteiger partial charge in [0.15, 0.2) is 0 Å². The van der Waals surface area contributed by atoms with Crippen LogP contribution in [0, 0.1) is 13.8 Å². The molecule has 0 N–H and O–H groups in total. The second-order valence-electron chi connectivity index (χ2n) is 5.80. The highest BCUT2D eigenvalue weighted by molar-refractivity contribution is 7.98. The SMILES string of the molecule is CSCCC(=O)N1CCN(S(=O)(=O)c2ccc(C)cc2C)CC1. The van der Waals surface area contributed by atoms with E-state index in [0.29, 0.717) is 37.5 Å². The van der Waals surface area contributed by atoms with Crippen LogP contribution in [-0.4, -0.2) is 61.7 Å². The molecule has 1 fully saturated rings. The van der Waals surface area contributed by atoms with Gasteiger partial charge in [-0.15, -0.1) is 0 Å². The van der Waals surface area contributed by atoms with Gasteiger partial charge in [0.25, 0.3) is 0 Å². The van der Waals surface area contributed by atoms with Crippen molar-refractivity contribution in [3.05, 3.63) is 29.3 Å². The van der Waals surface area contributed by atoms with E-state index < -0.39 is 10.0 Å². The molecule has 0 spiro atoms. The predicted octanol–water partition coefficient (Wildman–Crippen LogP) is 1.89. The summed E-state index contributed by atoms with van der Waals surface area (Å²) in [5, 5.41) is 0. The Labute approximate surface area is 143 Å². The standard InChI is InChI=1S/C16H24N2O3S2/c1-13-4-5-15(14(2)12-13)23(20,21)18-9-7-17(8-10-18)16(19)6-11-22-3/h4-5,12H,6-11H2,1-3H3. The fourth-order valence-corrected chi connectivity index (χ4v) is 4.76. The quantitative estimate of drug-likeness (QED) is 0.808. The highest BCUT2D eigenvalue weighted by Crippen LogP contribution is 2.22. The number of rotatable bonds is 5. The summed E-state index contributed by atoms with van der Waals surface area (Å²) in [6.45, 7) is 5.43. The topological polar surface area (TPSA) is 57.7 Å². The summed E-state index contributed by atoms with van der Waals surface area (Å²) in [6, 6.07) is 5.38. The molecule has 2 rings (SSSR count). The molecular formula is C16H24N2O3S2. The van der Waals surface area contributed by atoms with Crippen LogP contribution in [0.1, 0.15) is 17.5 Å². The number of piperazine rings is 1. The number of benzene rings is 1. The van der Waals surface area contributed by atoms with E-state index in [4.69, 9.17) is 0 Å². The molecule has 0 bridgehead atoms. The molecule has 1 amide bonds. The van der Waals surface area contributed by atoms with E-state index in [2.05, 4.69) is 0 Å². The summed E-state index contributed by atoms with van der Waals surface area (Å²) < 4.78 is 27.1. The number of amides is 1. The van der Waals surface area contributed by atoms with Gasteiger partial charge in [0.05, 0.1) is 4.90 Å². The molecule has 0 unspecified atom stereocenters. The van der Waals surface area contributed by atoms with Gasteiger partial charge in [-0.25, -0.2) is 8.42 Å². The first-order chi connectivity index (χ1) is 10.9. The Morgan fingerprint density at radius 2 is 1.83 bits per heavy atom. The van der Waals surface area contributed by atoms with Crippen molar-refractivity contribution in [2.24, 2.45) is 0 Å². The molecule has 0 aliphatic carbocycles. The minimum atomic E-state index is -3.48. The van der Waals surface area contributed by atoms with Gasteiger partial charge in [-0.1, -0.05) is 17.7 Å². The number of carbonyl (C=O) groups is 1. The average Bonchev–Trinajstić information content (AvgIpc) is 2.52. The van der Waals surface area contributed by atoms with Gasteiger partial charge in [0.1, 0.15) is 0 Å². The van der Waals surface area contributed by atoms with Crippen molar-refractivity contribution in [1.29, 1.82) is 0 Å². The van der Waals surface area contributed by atoms with Gasteiger partial charge < -0.3 is 4.90 Å². The molecule has 1 heterocycles. The summed E-state index contributed by atoms with van der Waals surface area (Å²) in [7, 11) is -3.48. The molecule has 1 aliphatic rings. The Bertz CT molecular complexity index is 666. The van der Waals surface area contributed by atoms with Crippen molar-refractivity contribution < 1.29 is 13.2 Å². The third-order valence-electron chi connectivity index (χ3n) is 4.06. The van der Waals surface area contributed by atoms with Crippen molar-refractivity contribution in [2.45, 2.75) is 25.2 Å². The second kappa shape index (κ2) is 7.68. The van der Waals surface area contributed by atoms with Crippen LogP contribution in [0.4, 0.5) is 0 Å². The van der Waals surface area contributed by atoms with E-state index in [1.807, 2.05) is 32.2 Å². The Balaban J connectivity index is 2.05. The maximum atomic E-state index is 12.8. The van der Waals surface area contributed by atoms with Crippen LogP contribution in [0.3, 0.4) is 0 Å².